The molecule has 1 aliphatic heterocycles. The number of hydrogen-bond donors (Lipinski definition) is 2. The van der Waals surface area contributed by atoms with Crippen LogP contribution in [0, 0.1) is 5.41 Å². The van der Waals surface area contributed by atoms with E-state index >= 15 is 0 Å². The average Bonchev–Trinajstić information content (AvgIpc) is 3.11. The Labute approximate surface area is 197 Å². The second-order valence-electron chi connectivity index (χ2n) is 9.78. The first-order valence-electron chi connectivity index (χ1n) is 11.7. The van der Waals surface area contributed by atoms with Crippen LogP contribution in [0.5, 0.6) is 5.75 Å². The lowest BCUT2D eigenvalue weighted by Gasteiger charge is -2.29. The van der Waals surface area contributed by atoms with Crippen LogP contribution in [0.2, 0.25) is 0 Å². The number of nitrogens with one attached hydrogen (secondary N) is 1. The predicted octanol–water partition coefficient (Wildman–Crippen LogP) is 4.15. The monoisotopic (exact) mass is 452 g/mol. The van der Waals surface area contributed by atoms with E-state index in [0.717, 1.165) is 17.5 Å². The summed E-state index contributed by atoms with van der Waals surface area (Å²) in [6.07, 6.45) is 1.51. The first-order valence-corrected chi connectivity index (χ1v) is 11.7. The summed E-state index contributed by atoms with van der Waals surface area (Å²) in [5.74, 6) is 1.07. The van der Waals surface area contributed by atoms with Crippen molar-refractivity contribution >= 4 is 11.8 Å². The van der Waals surface area contributed by atoms with Gasteiger partial charge in [-0.3, -0.25) is 4.79 Å². The van der Waals surface area contributed by atoms with Crippen molar-refractivity contribution in [3.05, 3.63) is 65.7 Å². The highest BCUT2D eigenvalue weighted by atomic mass is 16.5. The lowest BCUT2D eigenvalue weighted by atomic mass is 9.85. The van der Waals surface area contributed by atoms with Crippen LogP contribution in [-0.2, 0) is 16.0 Å². The number of aliphatic hydroxyl groups excluding tert-OH is 1. The molecular formula is C27H36N2O4. The maximum absolute atomic E-state index is 13.5. The highest BCUT2D eigenvalue weighted by Gasteiger charge is 2.50. The summed E-state index contributed by atoms with van der Waals surface area (Å²) >= 11 is 0. The van der Waals surface area contributed by atoms with Crippen molar-refractivity contribution in [1.29, 1.82) is 0 Å². The molecule has 2 atom stereocenters. The average molecular weight is 453 g/mol. The first-order chi connectivity index (χ1) is 15.7. The third kappa shape index (κ3) is 6.57. The van der Waals surface area contributed by atoms with E-state index in [2.05, 4.69) is 26.1 Å². The molecule has 0 saturated heterocycles. The molecule has 0 aliphatic carbocycles. The van der Waals surface area contributed by atoms with E-state index in [9.17, 15) is 4.79 Å². The minimum Gasteiger partial charge on any atom is -0.494 e. The number of carbonyl (C=O) groups excluding carboxylic acids is 1. The predicted molar refractivity (Wildman–Crippen MR) is 131 cm³/mol. The number of rotatable bonds is 10. The smallest absolute Gasteiger partial charge is 0.252 e. The zero-order valence-electron chi connectivity index (χ0n) is 20.1. The normalized spacial score (nSPS) is 20.2. The third-order valence-electron chi connectivity index (χ3n) is 5.80. The fourth-order valence-corrected chi connectivity index (χ4v) is 3.75. The molecule has 2 N–H and O–H groups in total. The molecule has 33 heavy (non-hydrogen) atoms. The van der Waals surface area contributed by atoms with Crippen LogP contribution in [0.15, 0.2) is 59.6 Å². The van der Waals surface area contributed by atoms with Gasteiger partial charge in [-0.05, 0) is 48.6 Å². The summed E-state index contributed by atoms with van der Waals surface area (Å²) in [5, 5.41) is 12.0. The molecule has 0 unspecified atom stereocenters. The Hall–Kier alpha value is -2.86. The molecule has 1 aliphatic rings. The molecular weight excluding hydrogens is 416 g/mol. The van der Waals surface area contributed by atoms with Gasteiger partial charge in [0.15, 0.2) is 5.54 Å². The first kappa shape index (κ1) is 24.8. The van der Waals surface area contributed by atoms with E-state index < -0.39 is 11.6 Å². The molecule has 6 nitrogen and oxygen atoms in total. The van der Waals surface area contributed by atoms with Gasteiger partial charge >= 0.3 is 0 Å². The number of amides is 1. The number of aliphatic imine (C=N–C) groups is 1. The number of nitrogens with zero attached hydrogens (tertiary/aromatic N) is 1. The Kier molecular flexibility index (Phi) is 8.14. The van der Waals surface area contributed by atoms with E-state index in [1.54, 1.807) is 0 Å². The molecule has 0 saturated carbocycles. The lowest BCUT2D eigenvalue weighted by Crippen LogP contribution is -2.52. The van der Waals surface area contributed by atoms with Gasteiger partial charge in [0, 0.05) is 31.6 Å². The van der Waals surface area contributed by atoms with Crippen LogP contribution in [0.4, 0.5) is 0 Å². The van der Waals surface area contributed by atoms with E-state index in [4.69, 9.17) is 19.6 Å². The van der Waals surface area contributed by atoms with Crippen LogP contribution < -0.4 is 10.1 Å². The Bertz CT molecular complexity index is 935. The quantitative estimate of drug-likeness (QED) is 0.531. The molecule has 178 valence electrons. The van der Waals surface area contributed by atoms with E-state index in [1.807, 2.05) is 61.5 Å². The zero-order valence-corrected chi connectivity index (χ0v) is 20.1. The molecule has 3 rings (SSSR count). The van der Waals surface area contributed by atoms with Crippen molar-refractivity contribution in [1.82, 2.24) is 5.32 Å². The Morgan fingerprint density at radius 2 is 1.85 bits per heavy atom. The second kappa shape index (κ2) is 10.8. The molecule has 1 heterocycles. The molecule has 0 bridgehead atoms. The largest absolute Gasteiger partial charge is 0.494 e. The van der Waals surface area contributed by atoms with Crippen molar-refractivity contribution in [3.63, 3.8) is 0 Å². The van der Waals surface area contributed by atoms with Gasteiger partial charge in [0.25, 0.3) is 5.91 Å². The van der Waals surface area contributed by atoms with Crippen LogP contribution in [0.3, 0.4) is 0 Å². The standard InChI is InChI=1S/C27H36N2O4/c1-20-27(19-21-9-6-5-7-10-21,25(31)28-16-15-26(2,3)4)29-24(33-20)22-11-13-23(14-12-22)32-18-8-17-30/h5-7,9-14,20,30H,8,15-19H2,1-4H3,(H,28,31)/t20-,27-/m1/s1. The molecule has 0 radical (unpaired) electrons. The number of benzene rings is 2. The van der Waals surface area contributed by atoms with Gasteiger partial charge in [0.1, 0.15) is 11.9 Å². The fraction of sp³-hybridized carbons (Fsp3) is 0.481. The van der Waals surface area contributed by atoms with Crippen molar-refractivity contribution in [2.24, 2.45) is 10.4 Å². The topological polar surface area (TPSA) is 80.2 Å². The van der Waals surface area contributed by atoms with E-state index in [-0.39, 0.29) is 17.9 Å². The van der Waals surface area contributed by atoms with Gasteiger partial charge in [-0.15, -0.1) is 0 Å². The van der Waals surface area contributed by atoms with Gasteiger partial charge in [0.05, 0.1) is 6.61 Å². The highest BCUT2D eigenvalue weighted by Crippen LogP contribution is 2.33. The Morgan fingerprint density at radius 1 is 1.15 bits per heavy atom. The fourth-order valence-electron chi connectivity index (χ4n) is 3.75. The van der Waals surface area contributed by atoms with E-state index in [1.165, 1.54) is 0 Å². The molecule has 6 heteroatoms. The molecule has 2 aromatic carbocycles. The number of hydrogen-bond acceptors (Lipinski definition) is 5. The van der Waals surface area contributed by atoms with Gasteiger partial charge < -0.3 is 19.9 Å². The lowest BCUT2D eigenvalue weighted by molar-refractivity contribution is -0.128. The summed E-state index contributed by atoms with van der Waals surface area (Å²) in [6.45, 7) is 9.54. The van der Waals surface area contributed by atoms with Gasteiger partial charge in [0.2, 0.25) is 5.90 Å². The zero-order chi connectivity index (χ0) is 23.9. The molecule has 2 aromatic rings. The maximum atomic E-state index is 13.5. The Morgan fingerprint density at radius 3 is 2.48 bits per heavy atom. The Balaban J connectivity index is 1.84. The number of ether oxygens (including phenoxy) is 2. The minimum absolute atomic E-state index is 0.0991. The van der Waals surface area contributed by atoms with Crippen LogP contribution >= 0.6 is 0 Å². The second-order valence-corrected chi connectivity index (χ2v) is 9.78. The molecule has 0 fully saturated rings. The van der Waals surface area contributed by atoms with E-state index in [0.29, 0.717) is 37.6 Å². The number of aliphatic hydroxyl groups is 1. The van der Waals surface area contributed by atoms with Crippen molar-refractivity contribution in [2.45, 2.75) is 58.6 Å². The van der Waals surface area contributed by atoms with Crippen LogP contribution in [0.1, 0.15) is 51.7 Å². The molecule has 0 aromatic heterocycles. The van der Waals surface area contributed by atoms with Gasteiger partial charge in [-0.2, -0.15) is 0 Å². The van der Waals surface area contributed by atoms with Crippen molar-refractivity contribution in [2.75, 3.05) is 19.8 Å². The SMILES string of the molecule is C[C@H]1OC(c2ccc(OCCCO)cc2)=N[C@@]1(Cc1ccccc1)C(=O)NCCC(C)(C)C. The summed E-state index contributed by atoms with van der Waals surface area (Å²) in [7, 11) is 0. The van der Waals surface area contributed by atoms with Crippen LogP contribution in [-0.4, -0.2) is 48.3 Å². The van der Waals surface area contributed by atoms with Crippen molar-refractivity contribution < 1.29 is 19.4 Å². The summed E-state index contributed by atoms with van der Waals surface area (Å²) in [6, 6.07) is 17.4. The summed E-state index contributed by atoms with van der Waals surface area (Å²) in [4.78, 5) is 18.4. The van der Waals surface area contributed by atoms with Crippen molar-refractivity contribution in [3.8, 4) is 5.75 Å². The molecule has 1 amide bonds. The van der Waals surface area contributed by atoms with Crippen LogP contribution in [0.25, 0.3) is 0 Å². The summed E-state index contributed by atoms with van der Waals surface area (Å²) in [5.41, 5.74) is 0.933. The number of carbonyl (C=O) groups is 1. The van der Waals surface area contributed by atoms with Gasteiger partial charge in [-0.1, -0.05) is 51.1 Å². The third-order valence-corrected chi connectivity index (χ3v) is 5.80. The maximum Gasteiger partial charge on any atom is 0.252 e. The minimum atomic E-state index is -1.04. The highest BCUT2D eigenvalue weighted by molar-refractivity contribution is 6.00. The van der Waals surface area contributed by atoms with Gasteiger partial charge in [-0.25, -0.2) is 4.99 Å². The molecule has 0 spiro atoms. The summed E-state index contributed by atoms with van der Waals surface area (Å²) < 4.78 is 11.8.